The highest BCUT2D eigenvalue weighted by Gasteiger charge is 2.34. The van der Waals surface area contributed by atoms with Gasteiger partial charge in [-0.2, -0.15) is 0 Å². The second kappa shape index (κ2) is 4.09. The molecule has 5 heteroatoms. The monoisotopic (exact) mass is 208 g/mol. The quantitative estimate of drug-likeness (QED) is 0.745. The van der Waals surface area contributed by atoms with Crippen molar-refractivity contribution in [2.75, 3.05) is 0 Å². The van der Waals surface area contributed by atoms with Crippen LogP contribution in [0.15, 0.2) is 0 Å². The summed E-state index contributed by atoms with van der Waals surface area (Å²) in [6, 6.07) is 0. The number of hydrogen-bond donors (Lipinski definition) is 1. The molecule has 0 aliphatic heterocycles. The Hall–Kier alpha value is -0.580. The number of carboxylic acid groups (broad SMARTS) is 1. The maximum atomic E-state index is 11.5. The van der Waals surface area contributed by atoms with Crippen LogP contribution >= 0.6 is 0 Å². The van der Waals surface area contributed by atoms with Crippen LogP contribution in [0.1, 0.15) is 27.7 Å². The van der Waals surface area contributed by atoms with Crippen LogP contribution in [0.3, 0.4) is 0 Å². The summed E-state index contributed by atoms with van der Waals surface area (Å²) in [6.45, 7) is 6.27. The summed E-state index contributed by atoms with van der Waals surface area (Å²) in [5.74, 6) is -1.35. The summed E-state index contributed by atoms with van der Waals surface area (Å²) in [4.78, 5) is 10.5. The van der Waals surface area contributed by atoms with E-state index < -0.39 is 26.3 Å². The molecule has 2 unspecified atom stereocenters. The van der Waals surface area contributed by atoms with Crippen molar-refractivity contribution in [3.63, 3.8) is 0 Å². The minimum atomic E-state index is -3.54. The molecule has 0 aromatic rings. The van der Waals surface area contributed by atoms with Crippen LogP contribution in [0.2, 0.25) is 0 Å². The minimum absolute atomic E-state index is 0.0631. The normalized spacial score (nSPS) is 17.0. The smallest absolute Gasteiger partial charge is 0.321 e. The number of sulfone groups is 1. The molecule has 0 rings (SSSR count). The third-order valence-corrected chi connectivity index (χ3v) is 5.07. The van der Waals surface area contributed by atoms with Gasteiger partial charge in [0.1, 0.15) is 0 Å². The molecule has 0 heterocycles. The zero-order valence-corrected chi connectivity index (χ0v) is 9.13. The van der Waals surface area contributed by atoms with Crippen LogP contribution in [-0.4, -0.2) is 30.0 Å². The van der Waals surface area contributed by atoms with Gasteiger partial charge in [-0.25, -0.2) is 8.42 Å². The second-order valence-corrected chi connectivity index (χ2v) is 6.15. The van der Waals surface area contributed by atoms with E-state index in [1.165, 1.54) is 6.92 Å². The lowest BCUT2D eigenvalue weighted by Gasteiger charge is -2.18. The Morgan fingerprint density at radius 1 is 1.15 bits per heavy atom. The SMILES string of the molecule is CC(C)C(C)S(=O)(=O)C(C)C(=O)O. The van der Waals surface area contributed by atoms with E-state index in [0.29, 0.717) is 0 Å². The lowest BCUT2D eigenvalue weighted by Crippen LogP contribution is -2.36. The molecule has 0 aromatic heterocycles. The molecule has 0 aromatic carbocycles. The minimum Gasteiger partial charge on any atom is -0.480 e. The molecule has 0 spiro atoms. The molecular formula is C8H16O4S. The number of aliphatic carboxylic acids is 1. The third kappa shape index (κ3) is 2.69. The maximum absolute atomic E-state index is 11.5. The van der Waals surface area contributed by atoms with E-state index in [4.69, 9.17) is 5.11 Å². The van der Waals surface area contributed by atoms with Gasteiger partial charge in [0, 0.05) is 0 Å². The van der Waals surface area contributed by atoms with Crippen molar-refractivity contribution in [1.82, 2.24) is 0 Å². The van der Waals surface area contributed by atoms with E-state index in [-0.39, 0.29) is 5.92 Å². The second-order valence-electron chi connectivity index (χ2n) is 3.52. The van der Waals surface area contributed by atoms with Crippen LogP contribution in [0.4, 0.5) is 0 Å². The Morgan fingerprint density at radius 2 is 1.54 bits per heavy atom. The molecule has 2 atom stereocenters. The molecule has 0 bridgehead atoms. The van der Waals surface area contributed by atoms with Crippen LogP contribution in [0.25, 0.3) is 0 Å². The molecule has 78 valence electrons. The van der Waals surface area contributed by atoms with Crippen molar-refractivity contribution in [2.45, 2.75) is 38.2 Å². The Balaban J connectivity index is 4.88. The number of hydrogen-bond acceptors (Lipinski definition) is 3. The van der Waals surface area contributed by atoms with Gasteiger partial charge in [0.2, 0.25) is 0 Å². The average Bonchev–Trinajstić information content (AvgIpc) is 2.01. The predicted octanol–water partition coefficient (Wildman–Crippen LogP) is 0.919. The molecule has 13 heavy (non-hydrogen) atoms. The van der Waals surface area contributed by atoms with E-state index in [9.17, 15) is 13.2 Å². The summed E-state index contributed by atoms with van der Waals surface area (Å²) in [5, 5.41) is 6.64. The van der Waals surface area contributed by atoms with Crippen molar-refractivity contribution in [1.29, 1.82) is 0 Å². The zero-order chi connectivity index (χ0) is 10.8. The first-order valence-corrected chi connectivity index (χ1v) is 5.77. The van der Waals surface area contributed by atoms with Crippen LogP contribution in [-0.2, 0) is 14.6 Å². The third-order valence-electron chi connectivity index (χ3n) is 2.30. The first kappa shape index (κ1) is 12.4. The largest absolute Gasteiger partial charge is 0.480 e. The van der Waals surface area contributed by atoms with Crippen molar-refractivity contribution in [2.24, 2.45) is 5.92 Å². The van der Waals surface area contributed by atoms with E-state index in [2.05, 4.69) is 0 Å². The first-order chi connectivity index (χ1) is 5.71. The highest BCUT2D eigenvalue weighted by molar-refractivity contribution is 7.93. The van der Waals surface area contributed by atoms with Gasteiger partial charge in [-0.05, 0) is 19.8 Å². The fourth-order valence-electron chi connectivity index (χ4n) is 0.842. The lowest BCUT2D eigenvalue weighted by atomic mass is 10.2. The fourth-order valence-corrected chi connectivity index (χ4v) is 2.53. The Kier molecular flexibility index (Phi) is 3.90. The lowest BCUT2D eigenvalue weighted by molar-refractivity contribution is -0.136. The molecule has 0 fully saturated rings. The number of carboxylic acids is 1. The molecule has 0 saturated heterocycles. The van der Waals surface area contributed by atoms with E-state index in [0.717, 1.165) is 0 Å². The van der Waals surface area contributed by atoms with Crippen LogP contribution in [0.5, 0.6) is 0 Å². The molecule has 0 saturated carbocycles. The average molecular weight is 208 g/mol. The maximum Gasteiger partial charge on any atom is 0.321 e. The predicted molar refractivity (Wildman–Crippen MR) is 50.3 cm³/mol. The van der Waals surface area contributed by atoms with Gasteiger partial charge in [0.25, 0.3) is 0 Å². The fraction of sp³-hybridized carbons (Fsp3) is 0.875. The molecule has 0 amide bonds. The van der Waals surface area contributed by atoms with Gasteiger partial charge in [0.15, 0.2) is 15.1 Å². The Bertz CT molecular complexity index is 279. The standard InChI is InChI=1S/C8H16O4S/c1-5(2)6(3)13(11,12)7(4)8(9)10/h5-7H,1-4H3,(H,9,10). The summed E-state index contributed by atoms with van der Waals surface area (Å²) in [5.41, 5.74) is 0. The van der Waals surface area contributed by atoms with Gasteiger partial charge < -0.3 is 5.11 Å². The van der Waals surface area contributed by atoms with E-state index in [1.54, 1.807) is 20.8 Å². The molecule has 1 N–H and O–H groups in total. The van der Waals surface area contributed by atoms with Crippen LogP contribution in [0, 0.1) is 5.92 Å². The molecular weight excluding hydrogens is 192 g/mol. The van der Waals surface area contributed by atoms with Gasteiger partial charge in [-0.3, -0.25) is 4.79 Å². The Morgan fingerprint density at radius 3 is 1.77 bits per heavy atom. The van der Waals surface area contributed by atoms with Gasteiger partial charge in [-0.1, -0.05) is 13.8 Å². The first-order valence-electron chi connectivity index (χ1n) is 4.16. The zero-order valence-electron chi connectivity index (χ0n) is 8.31. The summed E-state index contributed by atoms with van der Waals surface area (Å²) in [7, 11) is -3.54. The Labute approximate surface area is 78.9 Å². The summed E-state index contributed by atoms with van der Waals surface area (Å²) < 4.78 is 23.1. The molecule has 0 aliphatic rings. The van der Waals surface area contributed by atoms with Crippen LogP contribution < -0.4 is 0 Å². The molecule has 4 nitrogen and oxygen atoms in total. The summed E-state index contributed by atoms with van der Waals surface area (Å²) in [6.07, 6.45) is 0. The molecule has 0 radical (unpaired) electrons. The van der Waals surface area contributed by atoms with Gasteiger partial charge in [-0.15, -0.1) is 0 Å². The van der Waals surface area contributed by atoms with Crippen molar-refractivity contribution in [3.05, 3.63) is 0 Å². The van der Waals surface area contributed by atoms with Crippen molar-refractivity contribution in [3.8, 4) is 0 Å². The van der Waals surface area contributed by atoms with E-state index in [1.807, 2.05) is 0 Å². The highest BCUT2D eigenvalue weighted by atomic mass is 32.2. The molecule has 0 aliphatic carbocycles. The van der Waals surface area contributed by atoms with Gasteiger partial charge >= 0.3 is 5.97 Å². The summed E-state index contributed by atoms with van der Waals surface area (Å²) >= 11 is 0. The highest BCUT2D eigenvalue weighted by Crippen LogP contribution is 2.16. The van der Waals surface area contributed by atoms with E-state index >= 15 is 0 Å². The van der Waals surface area contributed by atoms with Gasteiger partial charge in [0.05, 0.1) is 5.25 Å². The van der Waals surface area contributed by atoms with Crippen molar-refractivity contribution >= 4 is 15.8 Å². The number of carbonyl (C=O) groups is 1. The topological polar surface area (TPSA) is 71.4 Å². The number of rotatable bonds is 4. The van der Waals surface area contributed by atoms with Crippen molar-refractivity contribution < 1.29 is 18.3 Å².